The number of rotatable bonds is 6. The van der Waals surface area contributed by atoms with Gasteiger partial charge in [-0.3, -0.25) is 14.5 Å². The maximum Gasteiger partial charge on any atom is 0.256 e. The summed E-state index contributed by atoms with van der Waals surface area (Å²) in [7, 11) is -3.55. The average Bonchev–Trinajstić information content (AvgIpc) is 3.16. The highest BCUT2D eigenvalue weighted by atomic mass is 32.2. The van der Waals surface area contributed by atoms with Crippen LogP contribution in [0.1, 0.15) is 57.3 Å². The van der Waals surface area contributed by atoms with Gasteiger partial charge in [0.25, 0.3) is 11.8 Å². The first kappa shape index (κ1) is 22.9. The fourth-order valence-corrected chi connectivity index (χ4v) is 7.09. The number of sulfonamides is 1. The number of benzene rings is 1. The van der Waals surface area contributed by atoms with Crippen molar-refractivity contribution >= 4 is 38.2 Å². The molecular formula is C22H28N4O4S2. The lowest BCUT2D eigenvalue weighted by molar-refractivity contribution is 0.1000. The second-order valence-electron chi connectivity index (χ2n) is 8.13. The van der Waals surface area contributed by atoms with E-state index in [1.165, 1.54) is 39.9 Å². The average molecular weight is 477 g/mol. The smallest absolute Gasteiger partial charge is 0.256 e. The molecule has 0 atom stereocenters. The van der Waals surface area contributed by atoms with Gasteiger partial charge in [0.05, 0.1) is 10.5 Å². The van der Waals surface area contributed by atoms with E-state index in [0.717, 1.165) is 55.8 Å². The predicted octanol–water partition coefficient (Wildman–Crippen LogP) is 2.65. The highest BCUT2D eigenvalue weighted by Crippen LogP contribution is 2.37. The number of likely N-dealkylation sites (N-methyl/N-ethyl adjacent to an activating group) is 1. The summed E-state index contributed by atoms with van der Waals surface area (Å²) in [5.41, 5.74) is 7.26. The third-order valence-electron chi connectivity index (χ3n) is 6.13. The molecule has 2 aliphatic heterocycles. The van der Waals surface area contributed by atoms with Crippen LogP contribution in [0.2, 0.25) is 0 Å². The first-order valence-electron chi connectivity index (χ1n) is 10.9. The Labute approximate surface area is 192 Å². The number of nitrogens with one attached hydrogen (secondary N) is 1. The summed E-state index contributed by atoms with van der Waals surface area (Å²) in [6.07, 6.45) is 3.49. The Hall–Kier alpha value is -2.27. The van der Waals surface area contributed by atoms with Crippen molar-refractivity contribution < 1.29 is 18.0 Å². The lowest BCUT2D eigenvalue weighted by Gasteiger charge is -2.25. The van der Waals surface area contributed by atoms with Crippen molar-refractivity contribution in [3.05, 3.63) is 45.8 Å². The zero-order valence-electron chi connectivity index (χ0n) is 18.1. The van der Waals surface area contributed by atoms with E-state index >= 15 is 0 Å². The van der Waals surface area contributed by atoms with Crippen molar-refractivity contribution in [2.24, 2.45) is 5.73 Å². The van der Waals surface area contributed by atoms with E-state index in [1.807, 2.05) is 0 Å². The standard InChI is InChI=1S/C22H28N4O4S2/c1-2-25-13-10-17-18(14-25)31-22(19(17)20(23)27)24-21(28)15-6-8-16(9-7-15)32(29,30)26-11-4-3-5-12-26/h6-9H,2-5,10-14H2,1H3,(H2,23,27)(H,24,28). The van der Waals surface area contributed by atoms with Gasteiger partial charge in [0.2, 0.25) is 10.0 Å². The minimum absolute atomic E-state index is 0.181. The van der Waals surface area contributed by atoms with Crippen LogP contribution in [-0.4, -0.2) is 55.6 Å². The molecule has 2 amide bonds. The van der Waals surface area contributed by atoms with Crippen LogP contribution in [0.15, 0.2) is 29.2 Å². The number of carbonyl (C=O) groups is 2. The molecule has 0 unspecified atom stereocenters. The van der Waals surface area contributed by atoms with Gasteiger partial charge < -0.3 is 11.1 Å². The molecule has 2 aliphatic rings. The van der Waals surface area contributed by atoms with Gasteiger partial charge in [-0.2, -0.15) is 4.31 Å². The molecule has 8 nitrogen and oxygen atoms in total. The number of amides is 2. The molecule has 0 bridgehead atoms. The van der Waals surface area contributed by atoms with E-state index in [4.69, 9.17) is 5.73 Å². The molecule has 3 heterocycles. The first-order valence-corrected chi connectivity index (χ1v) is 13.1. The number of hydrogen-bond donors (Lipinski definition) is 2. The quantitative estimate of drug-likeness (QED) is 0.666. The Kier molecular flexibility index (Phi) is 6.66. The molecule has 0 aliphatic carbocycles. The Morgan fingerprint density at radius 2 is 1.78 bits per heavy atom. The van der Waals surface area contributed by atoms with Crippen LogP contribution in [0, 0.1) is 0 Å². The molecule has 2 aromatic rings. The zero-order chi connectivity index (χ0) is 22.9. The van der Waals surface area contributed by atoms with E-state index < -0.39 is 21.8 Å². The molecule has 32 heavy (non-hydrogen) atoms. The second kappa shape index (κ2) is 9.30. The third-order valence-corrected chi connectivity index (χ3v) is 9.17. The lowest BCUT2D eigenvalue weighted by Crippen LogP contribution is -2.35. The Morgan fingerprint density at radius 3 is 2.41 bits per heavy atom. The van der Waals surface area contributed by atoms with Gasteiger partial charge in [-0.1, -0.05) is 13.3 Å². The lowest BCUT2D eigenvalue weighted by atomic mass is 10.0. The number of piperidine rings is 1. The minimum Gasteiger partial charge on any atom is -0.365 e. The van der Waals surface area contributed by atoms with Gasteiger partial charge in [-0.25, -0.2) is 8.42 Å². The molecule has 0 spiro atoms. The van der Waals surface area contributed by atoms with E-state index in [0.29, 0.717) is 29.2 Å². The molecule has 1 fully saturated rings. The maximum absolute atomic E-state index is 12.9. The van der Waals surface area contributed by atoms with E-state index in [2.05, 4.69) is 17.1 Å². The fraction of sp³-hybridized carbons (Fsp3) is 0.455. The number of hydrogen-bond acceptors (Lipinski definition) is 6. The summed E-state index contributed by atoms with van der Waals surface area (Å²) >= 11 is 1.38. The van der Waals surface area contributed by atoms with Crippen molar-refractivity contribution in [2.45, 2.75) is 44.0 Å². The molecule has 1 aromatic heterocycles. The Morgan fingerprint density at radius 1 is 1.09 bits per heavy atom. The van der Waals surface area contributed by atoms with Gasteiger partial charge >= 0.3 is 0 Å². The van der Waals surface area contributed by atoms with Crippen molar-refractivity contribution in [1.82, 2.24) is 9.21 Å². The van der Waals surface area contributed by atoms with Crippen molar-refractivity contribution in [1.29, 1.82) is 0 Å². The minimum atomic E-state index is -3.55. The van der Waals surface area contributed by atoms with Crippen LogP contribution in [-0.2, 0) is 23.0 Å². The highest BCUT2D eigenvalue weighted by molar-refractivity contribution is 7.89. The zero-order valence-corrected chi connectivity index (χ0v) is 19.7. The Bertz CT molecular complexity index is 1120. The van der Waals surface area contributed by atoms with Crippen LogP contribution in [0.5, 0.6) is 0 Å². The number of fused-ring (bicyclic) bond motifs is 1. The summed E-state index contributed by atoms with van der Waals surface area (Å²) in [4.78, 5) is 28.5. The van der Waals surface area contributed by atoms with E-state index in [1.54, 1.807) is 0 Å². The number of primary amides is 1. The van der Waals surface area contributed by atoms with Crippen LogP contribution in [0.25, 0.3) is 0 Å². The topological polar surface area (TPSA) is 113 Å². The molecule has 0 saturated carbocycles. The molecule has 4 rings (SSSR count). The van der Waals surface area contributed by atoms with Crippen molar-refractivity contribution in [3.63, 3.8) is 0 Å². The normalized spacial score (nSPS) is 17.7. The molecule has 3 N–H and O–H groups in total. The highest BCUT2D eigenvalue weighted by Gasteiger charge is 2.28. The van der Waals surface area contributed by atoms with E-state index in [-0.39, 0.29) is 4.90 Å². The summed E-state index contributed by atoms with van der Waals surface area (Å²) < 4.78 is 27.1. The summed E-state index contributed by atoms with van der Waals surface area (Å²) in [6.45, 7) is 5.64. The summed E-state index contributed by atoms with van der Waals surface area (Å²) in [5.74, 6) is -0.953. The fourth-order valence-electron chi connectivity index (χ4n) is 4.28. The number of carbonyl (C=O) groups excluding carboxylic acids is 2. The second-order valence-corrected chi connectivity index (χ2v) is 11.2. The largest absolute Gasteiger partial charge is 0.365 e. The van der Waals surface area contributed by atoms with E-state index in [9.17, 15) is 18.0 Å². The molecule has 10 heteroatoms. The SMILES string of the molecule is CCN1CCc2c(sc(NC(=O)c3ccc(S(=O)(=O)N4CCCCC4)cc3)c2C(N)=O)C1. The molecule has 0 radical (unpaired) electrons. The van der Waals surface area contributed by atoms with Gasteiger partial charge in [-0.15, -0.1) is 11.3 Å². The van der Waals surface area contributed by atoms with Gasteiger partial charge in [0.1, 0.15) is 5.00 Å². The van der Waals surface area contributed by atoms with Gasteiger partial charge in [-0.05, 0) is 55.6 Å². The molecule has 1 aromatic carbocycles. The van der Waals surface area contributed by atoms with Gasteiger partial charge in [0, 0.05) is 36.6 Å². The first-order chi connectivity index (χ1) is 15.3. The van der Waals surface area contributed by atoms with Gasteiger partial charge in [0.15, 0.2) is 0 Å². The van der Waals surface area contributed by atoms with Crippen LogP contribution in [0.4, 0.5) is 5.00 Å². The third kappa shape index (κ3) is 4.45. The van der Waals surface area contributed by atoms with Crippen LogP contribution in [0.3, 0.4) is 0 Å². The monoisotopic (exact) mass is 476 g/mol. The van der Waals surface area contributed by atoms with Crippen molar-refractivity contribution in [3.8, 4) is 0 Å². The number of nitrogens with zero attached hydrogens (tertiary/aromatic N) is 2. The number of anilines is 1. The van der Waals surface area contributed by atoms with Crippen LogP contribution < -0.4 is 11.1 Å². The summed E-state index contributed by atoms with van der Waals surface area (Å²) in [6, 6.07) is 5.93. The maximum atomic E-state index is 12.9. The molecule has 172 valence electrons. The molecule has 1 saturated heterocycles. The molecular weight excluding hydrogens is 448 g/mol. The number of nitrogens with two attached hydrogens (primary N) is 1. The predicted molar refractivity (Wildman–Crippen MR) is 124 cm³/mol. The van der Waals surface area contributed by atoms with Crippen molar-refractivity contribution in [2.75, 3.05) is 31.5 Å². The number of thiophene rings is 1. The Balaban J connectivity index is 1.53. The van der Waals surface area contributed by atoms with Crippen LogP contribution >= 0.6 is 11.3 Å². The summed E-state index contributed by atoms with van der Waals surface area (Å²) in [5, 5.41) is 3.27.